The van der Waals surface area contributed by atoms with Crippen LogP contribution in [0.5, 0.6) is 0 Å². The number of amides is 1. The zero-order valence-electron chi connectivity index (χ0n) is 11.4. The fourth-order valence-electron chi connectivity index (χ4n) is 1.80. The Balaban J connectivity index is 2.02. The van der Waals surface area contributed by atoms with Crippen LogP contribution < -0.4 is 5.43 Å². The van der Waals surface area contributed by atoms with Crippen LogP contribution in [0, 0.1) is 13.8 Å². The summed E-state index contributed by atoms with van der Waals surface area (Å²) in [5.41, 5.74) is 6.43. The van der Waals surface area contributed by atoms with Gasteiger partial charge in [-0.25, -0.2) is 5.43 Å². The maximum atomic E-state index is 11.8. The van der Waals surface area contributed by atoms with Crippen LogP contribution in [0.4, 0.5) is 0 Å². The third kappa shape index (κ3) is 3.78. The Morgan fingerprint density at radius 2 is 1.85 bits per heavy atom. The van der Waals surface area contributed by atoms with E-state index < -0.39 is 0 Å². The second-order valence-corrected chi connectivity index (χ2v) is 5.48. The van der Waals surface area contributed by atoms with Crippen LogP contribution in [0.15, 0.2) is 52.0 Å². The Labute approximate surface area is 126 Å². The molecule has 0 aliphatic heterocycles. The van der Waals surface area contributed by atoms with Gasteiger partial charge in [-0.1, -0.05) is 39.7 Å². The van der Waals surface area contributed by atoms with Gasteiger partial charge in [0.15, 0.2) is 0 Å². The molecule has 2 rings (SSSR count). The van der Waals surface area contributed by atoms with Crippen molar-refractivity contribution in [2.24, 2.45) is 5.10 Å². The summed E-state index contributed by atoms with van der Waals surface area (Å²) in [6.45, 7) is 4.06. The summed E-state index contributed by atoms with van der Waals surface area (Å²) in [7, 11) is 0. The van der Waals surface area contributed by atoms with Crippen LogP contribution in [-0.2, 0) is 0 Å². The summed E-state index contributed by atoms with van der Waals surface area (Å²) in [5.74, 6) is -0.224. The van der Waals surface area contributed by atoms with Crippen molar-refractivity contribution in [3.05, 3.63) is 69.2 Å². The molecule has 0 heterocycles. The van der Waals surface area contributed by atoms with E-state index in [1.807, 2.05) is 38.1 Å². The second kappa shape index (κ2) is 6.48. The highest BCUT2D eigenvalue weighted by atomic mass is 79.9. The number of carbonyl (C=O) groups is 1. The second-order valence-electron chi connectivity index (χ2n) is 4.57. The summed E-state index contributed by atoms with van der Waals surface area (Å²) < 4.78 is 0.938. The van der Waals surface area contributed by atoms with Crippen molar-refractivity contribution in [2.45, 2.75) is 13.8 Å². The van der Waals surface area contributed by atoms with Gasteiger partial charge in [-0.2, -0.15) is 5.10 Å². The van der Waals surface area contributed by atoms with E-state index in [0.29, 0.717) is 5.56 Å². The van der Waals surface area contributed by atoms with Gasteiger partial charge in [-0.3, -0.25) is 4.79 Å². The molecule has 2 aromatic carbocycles. The average Bonchev–Trinajstić information content (AvgIpc) is 2.42. The summed E-state index contributed by atoms with van der Waals surface area (Å²) in [5, 5.41) is 3.99. The molecule has 0 fully saturated rings. The molecule has 0 saturated carbocycles. The van der Waals surface area contributed by atoms with E-state index in [1.54, 1.807) is 18.3 Å². The standard InChI is InChI=1S/C16H15BrN2O/c1-11-3-4-14(12(2)9-11)10-18-19-16(20)13-5-7-15(17)8-6-13/h3-10H,1-2H3,(H,19,20)/b18-10-. The topological polar surface area (TPSA) is 41.5 Å². The molecule has 0 aliphatic carbocycles. The maximum absolute atomic E-state index is 11.8. The number of aryl methyl sites for hydroxylation is 2. The molecule has 4 heteroatoms. The van der Waals surface area contributed by atoms with E-state index in [2.05, 4.69) is 32.5 Å². The predicted molar refractivity (Wildman–Crippen MR) is 85.1 cm³/mol. The number of carbonyl (C=O) groups excluding carboxylic acids is 1. The number of nitrogens with one attached hydrogen (secondary N) is 1. The van der Waals surface area contributed by atoms with Gasteiger partial charge >= 0.3 is 0 Å². The van der Waals surface area contributed by atoms with Crippen LogP contribution >= 0.6 is 15.9 Å². The molecule has 102 valence electrons. The van der Waals surface area contributed by atoms with Crippen molar-refractivity contribution in [1.82, 2.24) is 5.43 Å². The van der Waals surface area contributed by atoms with Crippen molar-refractivity contribution < 1.29 is 4.79 Å². The summed E-state index contributed by atoms with van der Waals surface area (Å²) in [4.78, 5) is 11.8. The van der Waals surface area contributed by atoms with Crippen LogP contribution in [0.2, 0.25) is 0 Å². The molecule has 3 nitrogen and oxygen atoms in total. The number of halogens is 1. The van der Waals surface area contributed by atoms with Crippen molar-refractivity contribution >= 4 is 28.1 Å². The minimum atomic E-state index is -0.224. The molecule has 0 atom stereocenters. The lowest BCUT2D eigenvalue weighted by molar-refractivity contribution is 0.0955. The quantitative estimate of drug-likeness (QED) is 0.674. The Bertz CT molecular complexity index is 648. The van der Waals surface area contributed by atoms with Crippen molar-refractivity contribution in [3.63, 3.8) is 0 Å². The van der Waals surface area contributed by atoms with Gasteiger partial charge in [0, 0.05) is 10.0 Å². The molecule has 0 saturated heterocycles. The lowest BCUT2D eigenvalue weighted by Crippen LogP contribution is -2.17. The Morgan fingerprint density at radius 3 is 2.50 bits per heavy atom. The van der Waals surface area contributed by atoms with E-state index in [0.717, 1.165) is 15.6 Å². The first kappa shape index (κ1) is 14.5. The van der Waals surface area contributed by atoms with Crippen molar-refractivity contribution in [3.8, 4) is 0 Å². The van der Waals surface area contributed by atoms with E-state index in [4.69, 9.17) is 0 Å². The summed E-state index contributed by atoms with van der Waals surface area (Å²) in [6, 6.07) is 13.2. The number of hydrogen-bond donors (Lipinski definition) is 1. The minimum absolute atomic E-state index is 0.224. The van der Waals surface area contributed by atoms with Gasteiger partial charge < -0.3 is 0 Å². The number of hydrogen-bond acceptors (Lipinski definition) is 2. The normalized spacial score (nSPS) is 10.8. The average molecular weight is 331 g/mol. The van der Waals surface area contributed by atoms with Crippen LogP contribution in [-0.4, -0.2) is 12.1 Å². The lowest BCUT2D eigenvalue weighted by atomic mass is 10.1. The number of rotatable bonds is 3. The Morgan fingerprint density at radius 1 is 1.15 bits per heavy atom. The lowest BCUT2D eigenvalue weighted by Gasteiger charge is -2.02. The highest BCUT2D eigenvalue weighted by Crippen LogP contribution is 2.10. The number of benzene rings is 2. The first-order valence-electron chi connectivity index (χ1n) is 6.22. The molecule has 0 aromatic heterocycles. The molecule has 0 spiro atoms. The number of hydrazone groups is 1. The molecular formula is C16H15BrN2O. The molecule has 1 amide bonds. The first-order chi connectivity index (χ1) is 9.56. The number of nitrogens with zero attached hydrogens (tertiary/aromatic N) is 1. The Kier molecular flexibility index (Phi) is 4.69. The third-order valence-corrected chi connectivity index (χ3v) is 3.43. The van der Waals surface area contributed by atoms with Crippen LogP contribution in [0.3, 0.4) is 0 Å². The summed E-state index contributed by atoms with van der Waals surface area (Å²) >= 11 is 3.33. The summed E-state index contributed by atoms with van der Waals surface area (Å²) in [6.07, 6.45) is 1.66. The molecule has 1 N–H and O–H groups in total. The van der Waals surface area contributed by atoms with Gasteiger partial charge in [-0.15, -0.1) is 0 Å². The molecule has 2 aromatic rings. The third-order valence-electron chi connectivity index (χ3n) is 2.90. The van der Waals surface area contributed by atoms with E-state index >= 15 is 0 Å². The van der Waals surface area contributed by atoms with E-state index in [9.17, 15) is 4.79 Å². The monoisotopic (exact) mass is 330 g/mol. The van der Waals surface area contributed by atoms with Gasteiger partial charge in [0.25, 0.3) is 5.91 Å². The smallest absolute Gasteiger partial charge is 0.267 e. The zero-order valence-corrected chi connectivity index (χ0v) is 12.9. The fraction of sp³-hybridized carbons (Fsp3) is 0.125. The van der Waals surface area contributed by atoms with Crippen molar-refractivity contribution in [1.29, 1.82) is 0 Å². The largest absolute Gasteiger partial charge is 0.271 e. The fourth-order valence-corrected chi connectivity index (χ4v) is 2.06. The van der Waals surface area contributed by atoms with Gasteiger partial charge in [0.1, 0.15) is 0 Å². The van der Waals surface area contributed by atoms with Crippen molar-refractivity contribution in [2.75, 3.05) is 0 Å². The Hall–Kier alpha value is -1.94. The zero-order chi connectivity index (χ0) is 14.5. The van der Waals surface area contributed by atoms with Crippen LogP contribution in [0.1, 0.15) is 27.0 Å². The maximum Gasteiger partial charge on any atom is 0.271 e. The molecule has 20 heavy (non-hydrogen) atoms. The van der Waals surface area contributed by atoms with Gasteiger partial charge in [0.05, 0.1) is 6.21 Å². The van der Waals surface area contributed by atoms with Gasteiger partial charge in [0.2, 0.25) is 0 Å². The highest BCUT2D eigenvalue weighted by molar-refractivity contribution is 9.10. The van der Waals surface area contributed by atoms with Gasteiger partial charge in [-0.05, 0) is 49.2 Å². The van der Waals surface area contributed by atoms with E-state index in [-0.39, 0.29) is 5.91 Å². The van der Waals surface area contributed by atoms with E-state index in [1.165, 1.54) is 5.56 Å². The molecule has 0 unspecified atom stereocenters. The van der Waals surface area contributed by atoms with Crippen LogP contribution in [0.25, 0.3) is 0 Å². The molecule has 0 bridgehead atoms. The SMILES string of the molecule is Cc1ccc(/C=N\NC(=O)c2ccc(Br)cc2)c(C)c1. The highest BCUT2D eigenvalue weighted by Gasteiger charge is 2.03. The molecule has 0 radical (unpaired) electrons. The predicted octanol–water partition coefficient (Wildman–Crippen LogP) is 3.83. The molecule has 0 aliphatic rings. The minimum Gasteiger partial charge on any atom is -0.267 e. The molecular weight excluding hydrogens is 316 g/mol. The first-order valence-corrected chi connectivity index (χ1v) is 7.02.